The summed E-state index contributed by atoms with van der Waals surface area (Å²) in [6.45, 7) is 3.23. The molecule has 1 atom stereocenters. The van der Waals surface area contributed by atoms with Gasteiger partial charge in [-0.05, 0) is 54.7 Å². The van der Waals surface area contributed by atoms with Crippen LogP contribution in [-0.2, 0) is 6.42 Å². The van der Waals surface area contributed by atoms with Crippen LogP contribution in [0.25, 0.3) is 0 Å². The molecule has 1 unspecified atom stereocenters. The molecule has 29 heavy (non-hydrogen) atoms. The summed E-state index contributed by atoms with van der Waals surface area (Å²) in [5, 5.41) is 5.93. The Hall–Kier alpha value is -2.41. The van der Waals surface area contributed by atoms with Gasteiger partial charge in [0.25, 0.3) is 0 Å². The number of anilines is 1. The zero-order chi connectivity index (χ0) is 20.6. The number of rotatable bonds is 8. The molecule has 1 aliphatic rings. The van der Waals surface area contributed by atoms with Gasteiger partial charge in [0, 0.05) is 36.3 Å². The average Bonchev–Trinajstić information content (AvgIpc) is 3.21. The Bertz CT molecular complexity index is 831. The second kappa shape index (κ2) is 10.4. The van der Waals surface area contributed by atoms with Crippen LogP contribution in [0.2, 0.25) is 0 Å². The highest BCUT2D eigenvalue weighted by Gasteiger charge is 2.23. The van der Waals surface area contributed by atoms with Crippen LogP contribution in [0.4, 0.5) is 10.5 Å². The fraction of sp³-hybridized carbons (Fsp3) is 0.409. The molecule has 6 nitrogen and oxygen atoms in total. The molecule has 2 aromatic carbocycles. The first-order valence-corrected chi connectivity index (χ1v) is 10.6. The van der Waals surface area contributed by atoms with Crippen LogP contribution < -0.4 is 25.0 Å². The molecule has 2 aromatic rings. The number of halogens is 1. The number of benzene rings is 2. The van der Waals surface area contributed by atoms with Gasteiger partial charge < -0.3 is 25.0 Å². The van der Waals surface area contributed by atoms with E-state index in [0.29, 0.717) is 30.5 Å². The Morgan fingerprint density at radius 2 is 1.97 bits per heavy atom. The van der Waals surface area contributed by atoms with Crippen molar-refractivity contribution in [2.75, 3.05) is 45.3 Å². The highest BCUT2D eigenvalue weighted by atomic mass is 79.9. The van der Waals surface area contributed by atoms with Gasteiger partial charge in [-0.2, -0.15) is 0 Å². The molecule has 7 heteroatoms. The van der Waals surface area contributed by atoms with Gasteiger partial charge in [-0.25, -0.2) is 4.79 Å². The van der Waals surface area contributed by atoms with E-state index in [9.17, 15) is 4.79 Å². The highest BCUT2D eigenvalue weighted by Crippen LogP contribution is 2.28. The van der Waals surface area contributed by atoms with E-state index in [1.165, 1.54) is 5.69 Å². The van der Waals surface area contributed by atoms with E-state index >= 15 is 0 Å². The highest BCUT2D eigenvalue weighted by molar-refractivity contribution is 9.10. The van der Waals surface area contributed by atoms with Gasteiger partial charge in [0.2, 0.25) is 0 Å². The van der Waals surface area contributed by atoms with Crippen LogP contribution in [-0.4, -0.2) is 46.4 Å². The second-order valence-electron chi connectivity index (χ2n) is 7.16. The molecule has 1 saturated heterocycles. The molecule has 0 radical (unpaired) electrons. The zero-order valence-corrected chi connectivity index (χ0v) is 18.5. The Morgan fingerprint density at radius 3 is 2.72 bits per heavy atom. The number of ether oxygens (including phenoxy) is 2. The Labute approximate surface area is 180 Å². The maximum Gasteiger partial charge on any atom is 0.314 e. The second-order valence-corrected chi connectivity index (χ2v) is 8.07. The summed E-state index contributed by atoms with van der Waals surface area (Å²) in [6, 6.07) is 14.0. The number of urea groups is 1. The minimum atomic E-state index is -0.119. The molecular weight excluding hydrogens is 434 g/mol. The molecule has 0 aromatic heterocycles. The van der Waals surface area contributed by atoms with Crippen molar-refractivity contribution in [2.45, 2.75) is 12.8 Å². The summed E-state index contributed by atoms with van der Waals surface area (Å²) in [5.74, 6) is 1.87. The zero-order valence-electron chi connectivity index (χ0n) is 16.9. The molecular formula is C22H28BrN3O3. The van der Waals surface area contributed by atoms with E-state index in [-0.39, 0.29) is 6.03 Å². The lowest BCUT2D eigenvalue weighted by atomic mass is 10.1. The number of carbonyl (C=O) groups excluding carboxylic acids is 1. The number of amides is 2. The molecule has 3 rings (SSSR count). The standard InChI is InChI=1S/C22H28BrN3O3/c1-28-20-7-6-16(12-21(20)29-2)8-10-24-22(27)25-14-17-9-11-26(15-17)19-5-3-4-18(23)13-19/h3-7,12-13,17H,8-11,14-15H2,1-2H3,(H2,24,25,27). The van der Waals surface area contributed by atoms with Crippen molar-refractivity contribution >= 4 is 27.6 Å². The lowest BCUT2D eigenvalue weighted by Crippen LogP contribution is -2.39. The van der Waals surface area contributed by atoms with Gasteiger partial charge in [-0.15, -0.1) is 0 Å². The Morgan fingerprint density at radius 1 is 1.14 bits per heavy atom. The van der Waals surface area contributed by atoms with Crippen molar-refractivity contribution in [1.29, 1.82) is 0 Å². The van der Waals surface area contributed by atoms with Crippen molar-refractivity contribution in [3.05, 3.63) is 52.5 Å². The number of nitrogens with zero attached hydrogens (tertiary/aromatic N) is 1. The minimum Gasteiger partial charge on any atom is -0.493 e. The number of carbonyl (C=O) groups is 1. The first-order chi connectivity index (χ1) is 14.1. The van der Waals surface area contributed by atoms with E-state index in [2.05, 4.69) is 49.7 Å². The minimum absolute atomic E-state index is 0.119. The number of nitrogens with one attached hydrogen (secondary N) is 2. The first kappa shape index (κ1) is 21.3. The van der Waals surface area contributed by atoms with Crippen LogP contribution in [0.15, 0.2) is 46.9 Å². The lowest BCUT2D eigenvalue weighted by Gasteiger charge is -2.19. The third kappa shape index (κ3) is 6.03. The average molecular weight is 462 g/mol. The first-order valence-electron chi connectivity index (χ1n) is 9.82. The molecule has 156 valence electrons. The molecule has 1 heterocycles. The maximum atomic E-state index is 12.1. The lowest BCUT2D eigenvalue weighted by molar-refractivity contribution is 0.239. The Balaban J connectivity index is 1.37. The van der Waals surface area contributed by atoms with Gasteiger partial charge >= 0.3 is 6.03 Å². The van der Waals surface area contributed by atoms with E-state index in [1.54, 1.807) is 14.2 Å². The van der Waals surface area contributed by atoms with Crippen LogP contribution in [0, 0.1) is 5.92 Å². The van der Waals surface area contributed by atoms with E-state index < -0.39 is 0 Å². The fourth-order valence-corrected chi connectivity index (χ4v) is 3.95. The largest absolute Gasteiger partial charge is 0.493 e. The molecule has 0 aliphatic carbocycles. The number of hydrogen-bond acceptors (Lipinski definition) is 4. The van der Waals surface area contributed by atoms with Crippen molar-refractivity contribution < 1.29 is 14.3 Å². The van der Waals surface area contributed by atoms with Crippen LogP contribution in [0.1, 0.15) is 12.0 Å². The Kier molecular flexibility index (Phi) is 7.63. The smallest absolute Gasteiger partial charge is 0.314 e. The summed E-state index contributed by atoms with van der Waals surface area (Å²) in [7, 11) is 3.24. The van der Waals surface area contributed by atoms with E-state index in [1.807, 2.05) is 24.3 Å². The molecule has 0 spiro atoms. The molecule has 2 amide bonds. The summed E-state index contributed by atoms with van der Waals surface area (Å²) < 4.78 is 11.6. The number of methoxy groups -OCH3 is 2. The monoisotopic (exact) mass is 461 g/mol. The van der Waals surface area contributed by atoms with Gasteiger partial charge in [0.15, 0.2) is 11.5 Å². The summed E-state index contributed by atoms with van der Waals surface area (Å²) in [5.41, 5.74) is 2.31. The van der Waals surface area contributed by atoms with Crippen molar-refractivity contribution in [1.82, 2.24) is 10.6 Å². The molecule has 0 saturated carbocycles. The molecule has 1 fully saturated rings. The van der Waals surface area contributed by atoms with E-state index in [0.717, 1.165) is 36.0 Å². The maximum absolute atomic E-state index is 12.1. The summed E-state index contributed by atoms with van der Waals surface area (Å²) in [4.78, 5) is 14.5. The molecule has 1 aliphatic heterocycles. The van der Waals surface area contributed by atoms with Gasteiger partial charge in [-0.3, -0.25) is 0 Å². The molecule has 2 N–H and O–H groups in total. The van der Waals surface area contributed by atoms with Crippen LogP contribution >= 0.6 is 15.9 Å². The van der Waals surface area contributed by atoms with Gasteiger partial charge in [0.1, 0.15) is 0 Å². The van der Waals surface area contributed by atoms with Crippen molar-refractivity contribution in [2.24, 2.45) is 5.92 Å². The third-order valence-electron chi connectivity index (χ3n) is 5.16. The normalized spacial score (nSPS) is 15.8. The van der Waals surface area contributed by atoms with Crippen molar-refractivity contribution in [3.8, 4) is 11.5 Å². The predicted octanol–water partition coefficient (Wildman–Crippen LogP) is 3.83. The predicted molar refractivity (Wildman–Crippen MR) is 119 cm³/mol. The summed E-state index contributed by atoms with van der Waals surface area (Å²) >= 11 is 3.53. The molecule has 0 bridgehead atoms. The quantitative estimate of drug-likeness (QED) is 0.626. The topological polar surface area (TPSA) is 62.8 Å². The van der Waals surface area contributed by atoms with Gasteiger partial charge in [-0.1, -0.05) is 28.1 Å². The van der Waals surface area contributed by atoms with E-state index in [4.69, 9.17) is 9.47 Å². The van der Waals surface area contributed by atoms with Crippen molar-refractivity contribution in [3.63, 3.8) is 0 Å². The van der Waals surface area contributed by atoms with Crippen LogP contribution in [0.3, 0.4) is 0 Å². The SMILES string of the molecule is COc1ccc(CCNC(=O)NCC2CCN(c3cccc(Br)c3)C2)cc1OC. The number of hydrogen-bond donors (Lipinski definition) is 2. The summed E-state index contributed by atoms with van der Waals surface area (Å²) in [6.07, 6.45) is 1.81. The van der Waals surface area contributed by atoms with Gasteiger partial charge in [0.05, 0.1) is 14.2 Å². The fourth-order valence-electron chi connectivity index (χ4n) is 3.56. The third-order valence-corrected chi connectivity index (χ3v) is 5.65. The van der Waals surface area contributed by atoms with Crippen LogP contribution in [0.5, 0.6) is 11.5 Å².